The zero-order valence-electron chi connectivity index (χ0n) is 20.9. The molecule has 0 saturated carbocycles. The fourth-order valence-corrected chi connectivity index (χ4v) is 6.24. The average Bonchev–Trinajstić information content (AvgIpc) is 3.31. The van der Waals surface area contributed by atoms with Gasteiger partial charge in [-0.25, -0.2) is 22.0 Å². The number of nitrogens with two attached hydrogens (primary N) is 1. The summed E-state index contributed by atoms with van der Waals surface area (Å²) in [5.41, 5.74) is 3.62. The van der Waals surface area contributed by atoms with Crippen LogP contribution in [0, 0.1) is 13.8 Å². The number of sulfonamides is 2. The topological polar surface area (TPSA) is 148 Å². The van der Waals surface area contributed by atoms with E-state index in [1.807, 2.05) is 25.1 Å². The molecule has 37 heavy (non-hydrogen) atoms. The Balaban J connectivity index is 1.54. The number of nitrogens with zero attached hydrogens (tertiary/aromatic N) is 4. The number of piperazine rings is 1. The molecule has 1 aliphatic rings. The lowest BCUT2D eigenvalue weighted by molar-refractivity contribution is 0.102. The highest BCUT2D eigenvalue weighted by Crippen LogP contribution is 2.27. The van der Waals surface area contributed by atoms with Gasteiger partial charge in [0.1, 0.15) is 0 Å². The van der Waals surface area contributed by atoms with Crippen LogP contribution in [0.5, 0.6) is 0 Å². The highest BCUT2D eigenvalue weighted by atomic mass is 32.2. The van der Waals surface area contributed by atoms with Crippen molar-refractivity contribution in [3.63, 3.8) is 0 Å². The predicted octanol–water partition coefficient (Wildman–Crippen LogP) is 1.93. The molecule has 2 heterocycles. The maximum Gasteiger partial charge on any atom is 0.263 e. The van der Waals surface area contributed by atoms with Crippen molar-refractivity contribution in [2.75, 3.05) is 36.4 Å². The van der Waals surface area contributed by atoms with Crippen LogP contribution in [0.15, 0.2) is 58.6 Å². The Morgan fingerprint density at radius 2 is 1.65 bits per heavy atom. The summed E-state index contributed by atoms with van der Waals surface area (Å²) in [4.78, 5) is 15.1. The molecule has 0 unspecified atom stereocenters. The molecule has 1 saturated heterocycles. The molecule has 0 bridgehead atoms. The van der Waals surface area contributed by atoms with E-state index in [9.17, 15) is 21.6 Å². The number of aromatic nitrogens is 2. The summed E-state index contributed by atoms with van der Waals surface area (Å²) in [5.74, 6) is -0.671. The van der Waals surface area contributed by atoms with Crippen LogP contribution >= 0.6 is 0 Å². The Morgan fingerprint density at radius 3 is 2.24 bits per heavy atom. The van der Waals surface area contributed by atoms with Gasteiger partial charge in [0.2, 0.25) is 15.0 Å². The number of hydrogen-bond acceptors (Lipinski definition) is 7. The van der Waals surface area contributed by atoms with Gasteiger partial charge in [-0.1, -0.05) is 12.1 Å². The zero-order valence-corrected chi connectivity index (χ0v) is 22.5. The van der Waals surface area contributed by atoms with Crippen LogP contribution in [-0.4, -0.2) is 63.0 Å². The van der Waals surface area contributed by atoms with Crippen LogP contribution in [0.25, 0.3) is 0 Å². The van der Waals surface area contributed by atoms with E-state index in [2.05, 4.69) is 22.2 Å². The molecule has 11 nitrogen and oxygen atoms in total. The minimum atomic E-state index is -4.05. The van der Waals surface area contributed by atoms with Crippen molar-refractivity contribution in [3.05, 3.63) is 65.4 Å². The van der Waals surface area contributed by atoms with E-state index in [1.165, 1.54) is 45.0 Å². The number of carbonyl (C=O) groups is 1. The quantitative estimate of drug-likeness (QED) is 0.460. The summed E-state index contributed by atoms with van der Waals surface area (Å²) in [6, 6.07) is 11.3. The van der Waals surface area contributed by atoms with Crippen molar-refractivity contribution in [3.8, 4) is 0 Å². The molecule has 13 heteroatoms. The Morgan fingerprint density at radius 1 is 1.00 bits per heavy atom. The van der Waals surface area contributed by atoms with Crippen molar-refractivity contribution >= 4 is 37.3 Å². The third-order valence-corrected chi connectivity index (χ3v) is 9.24. The Bertz CT molecular complexity index is 1520. The first-order chi connectivity index (χ1) is 17.4. The van der Waals surface area contributed by atoms with Crippen molar-refractivity contribution in [2.24, 2.45) is 5.14 Å². The van der Waals surface area contributed by atoms with Crippen molar-refractivity contribution < 1.29 is 21.6 Å². The van der Waals surface area contributed by atoms with Gasteiger partial charge in [0.15, 0.2) is 0 Å². The number of amides is 1. The van der Waals surface area contributed by atoms with E-state index in [0.717, 1.165) is 11.3 Å². The molecule has 0 aliphatic carbocycles. The fourth-order valence-electron chi connectivity index (χ4n) is 4.21. The monoisotopic (exact) mass is 546 g/mol. The van der Waals surface area contributed by atoms with Gasteiger partial charge in [-0.2, -0.15) is 9.40 Å². The summed E-state index contributed by atoms with van der Waals surface area (Å²) in [6.45, 7) is 7.80. The van der Waals surface area contributed by atoms with E-state index in [4.69, 9.17) is 5.14 Å². The minimum absolute atomic E-state index is 0.0886. The number of anilines is 2. The second-order valence-corrected chi connectivity index (χ2v) is 12.3. The van der Waals surface area contributed by atoms with Gasteiger partial charge < -0.3 is 10.2 Å². The molecule has 3 N–H and O–H groups in total. The summed E-state index contributed by atoms with van der Waals surface area (Å²) >= 11 is 0. The van der Waals surface area contributed by atoms with E-state index in [1.54, 1.807) is 6.92 Å². The van der Waals surface area contributed by atoms with Gasteiger partial charge in [-0.3, -0.25) is 9.48 Å². The second kappa shape index (κ2) is 10.2. The van der Waals surface area contributed by atoms with E-state index < -0.39 is 26.0 Å². The Kier molecular flexibility index (Phi) is 7.42. The van der Waals surface area contributed by atoms with Gasteiger partial charge in [-0.15, -0.1) is 0 Å². The number of nitrogens with one attached hydrogen (secondary N) is 1. The number of aryl methyl sites for hydroxylation is 2. The molecule has 2 aromatic carbocycles. The molecule has 198 valence electrons. The van der Waals surface area contributed by atoms with Crippen molar-refractivity contribution in [1.29, 1.82) is 0 Å². The lowest BCUT2D eigenvalue weighted by atomic mass is 10.1. The molecule has 4 rings (SSSR count). The summed E-state index contributed by atoms with van der Waals surface area (Å²) in [5, 5.41) is 11.6. The van der Waals surface area contributed by atoms with Crippen molar-refractivity contribution in [1.82, 2.24) is 14.1 Å². The molecule has 1 aliphatic heterocycles. The van der Waals surface area contributed by atoms with Crippen LogP contribution in [0.2, 0.25) is 0 Å². The third kappa shape index (κ3) is 5.54. The largest absolute Gasteiger partial charge is 0.369 e. The molecule has 1 fully saturated rings. The highest BCUT2D eigenvalue weighted by Gasteiger charge is 2.35. The zero-order chi connectivity index (χ0) is 27.0. The highest BCUT2D eigenvalue weighted by molar-refractivity contribution is 7.89. The molecule has 0 radical (unpaired) electrons. The predicted molar refractivity (Wildman–Crippen MR) is 141 cm³/mol. The first kappa shape index (κ1) is 26.8. The van der Waals surface area contributed by atoms with Crippen LogP contribution in [-0.2, 0) is 26.6 Å². The van der Waals surface area contributed by atoms with Crippen LogP contribution < -0.4 is 15.4 Å². The SMILES string of the molecule is CCn1cc(C(=O)Nc2ccc(S(N)(=O)=O)cc2)c(S(=O)(=O)N2CCN(c3cccc(C)c3C)CC2)n1. The Labute approximate surface area is 217 Å². The third-order valence-electron chi connectivity index (χ3n) is 6.48. The molecule has 0 atom stereocenters. The standard InChI is InChI=1S/C24H30N6O5S2/c1-4-29-16-21(23(31)26-19-8-10-20(11-9-19)36(25,32)33)24(27-29)37(34,35)30-14-12-28(13-15-30)22-7-5-6-17(2)18(22)3/h5-11,16H,4,12-15H2,1-3H3,(H,26,31)(H2,25,32,33). The smallest absolute Gasteiger partial charge is 0.263 e. The van der Waals surface area contributed by atoms with Gasteiger partial charge in [0, 0.05) is 50.3 Å². The molecular weight excluding hydrogens is 516 g/mol. The van der Waals surface area contributed by atoms with Crippen molar-refractivity contribution in [2.45, 2.75) is 37.2 Å². The Hall–Kier alpha value is -3.26. The van der Waals surface area contributed by atoms with Crippen LogP contribution in [0.4, 0.5) is 11.4 Å². The molecule has 3 aromatic rings. The van der Waals surface area contributed by atoms with Crippen LogP contribution in [0.1, 0.15) is 28.4 Å². The molecule has 0 spiro atoms. The first-order valence-electron chi connectivity index (χ1n) is 11.7. The van der Waals surface area contributed by atoms with E-state index in [-0.39, 0.29) is 34.3 Å². The number of rotatable bonds is 7. The number of carbonyl (C=O) groups excluding carboxylic acids is 1. The number of benzene rings is 2. The lowest BCUT2D eigenvalue weighted by Crippen LogP contribution is -2.49. The summed E-state index contributed by atoms with van der Waals surface area (Å²) in [7, 11) is -7.93. The average molecular weight is 547 g/mol. The van der Waals surface area contributed by atoms with Crippen LogP contribution in [0.3, 0.4) is 0 Å². The van der Waals surface area contributed by atoms with Gasteiger partial charge in [-0.05, 0) is 62.2 Å². The molecule has 1 amide bonds. The normalized spacial score (nSPS) is 15.1. The fraction of sp³-hybridized carbons (Fsp3) is 0.333. The van der Waals surface area contributed by atoms with Gasteiger partial charge >= 0.3 is 0 Å². The van der Waals surface area contributed by atoms with Gasteiger partial charge in [0.05, 0.1) is 10.5 Å². The maximum atomic E-state index is 13.6. The maximum absolute atomic E-state index is 13.6. The number of primary sulfonamides is 1. The second-order valence-electron chi connectivity index (χ2n) is 8.84. The van der Waals surface area contributed by atoms with Gasteiger partial charge in [0.25, 0.3) is 15.9 Å². The summed E-state index contributed by atoms with van der Waals surface area (Å²) in [6.07, 6.45) is 1.40. The van der Waals surface area contributed by atoms with E-state index >= 15 is 0 Å². The first-order valence-corrected chi connectivity index (χ1v) is 14.7. The number of hydrogen-bond donors (Lipinski definition) is 2. The molecular formula is C24H30N6O5S2. The minimum Gasteiger partial charge on any atom is -0.369 e. The molecule has 1 aromatic heterocycles. The lowest BCUT2D eigenvalue weighted by Gasteiger charge is -2.36. The summed E-state index contributed by atoms with van der Waals surface area (Å²) < 4.78 is 52.9. The van der Waals surface area contributed by atoms with E-state index in [0.29, 0.717) is 19.6 Å².